The van der Waals surface area contributed by atoms with Crippen LogP contribution in [0.1, 0.15) is 19.4 Å². The Balaban J connectivity index is 1.65. The summed E-state index contributed by atoms with van der Waals surface area (Å²) in [5, 5.41) is 8.22. The maximum atomic E-state index is 14.1. The summed E-state index contributed by atoms with van der Waals surface area (Å²) in [6.45, 7) is 6.45. The first-order valence-corrected chi connectivity index (χ1v) is 10.2. The molecule has 4 N–H and O–H groups in total. The summed E-state index contributed by atoms with van der Waals surface area (Å²) in [5.41, 5.74) is 12.3. The van der Waals surface area contributed by atoms with Gasteiger partial charge in [-0.05, 0) is 48.8 Å². The maximum absolute atomic E-state index is 14.1. The molecule has 2 aromatic heterocycles. The van der Waals surface area contributed by atoms with Crippen LogP contribution in [-0.2, 0) is 0 Å². The van der Waals surface area contributed by atoms with Crippen molar-refractivity contribution in [1.82, 2.24) is 25.1 Å². The van der Waals surface area contributed by atoms with Crippen molar-refractivity contribution in [2.75, 3.05) is 19.6 Å². The highest BCUT2D eigenvalue weighted by Crippen LogP contribution is 2.34. The first-order valence-electron chi connectivity index (χ1n) is 10.2. The maximum Gasteiger partial charge on any atom is 0.159 e. The van der Waals surface area contributed by atoms with Crippen LogP contribution < -0.4 is 5.73 Å². The van der Waals surface area contributed by atoms with Gasteiger partial charge < -0.3 is 15.6 Å². The number of nitrogens with zero attached hydrogens (tertiary/aromatic N) is 3. The van der Waals surface area contributed by atoms with Crippen LogP contribution in [0.2, 0.25) is 0 Å². The second-order valence-electron chi connectivity index (χ2n) is 7.74. The summed E-state index contributed by atoms with van der Waals surface area (Å²) >= 11 is 0. The van der Waals surface area contributed by atoms with Gasteiger partial charge in [0.2, 0.25) is 0 Å². The summed E-state index contributed by atoms with van der Waals surface area (Å²) < 4.78 is 27.7. The number of allylic oxidation sites excluding steroid dienone is 2. The molecule has 0 aliphatic carbocycles. The van der Waals surface area contributed by atoms with Gasteiger partial charge in [-0.2, -0.15) is 5.10 Å². The van der Waals surface area contributed by atoms with Crippen LogP contribution in [-0.4, -0.2) is 44.7 Å². The van der Waals surface area contributed by atoms with Crippen molar-refractivity contribution in [3.63, 3.8) is 0 Å². The molecule has 0 saturated heterocycles. The zero-order valence-electron chi connectivity index (χ0n) is 17.3. The topological polar surface area (TPSA) is 86.6 Å². The van der Waals surface area contributed by atoms with Crippen LogP contribution in [0.15, 0.2) is 47.7 Å². The standard InChI is InChI=1S/C23H22F2N6/c1-3-31-10-14(9-26)12(2)17(11-31)13-4-5-19-16(6-13)21(30-29-19)23-27-20-8-15(24)7-18(25)22(20)28-23/h4-8,11H,3,9-10,26H2,1-2H3,(H,27,28)(H,29,30). The Bertz CT molecular complexity index is 1380. The summed E-state index contributed by atoms with van der Waals surface area (Å²) in [5.74, 6) is -0.984. The molecule has 0 unspecified atom stereocenters. The van der Waals surface area contributed by atoms with Gasteiger partial charge in [-0.15, -0.1) is 0 Å². The molecule has 0 bridgehead atoms. The largest absolute Gasteiger partial charge is 0.373 e. The Morgan fingerprint density at radius 3 is 2.77 bits per heavy atom. The van der Waals surface area contributed by atoms with E-state index in [4.69, 9.17) is 5.73 Å². The number of fused-ring (bicyclic) bond motifs is 2. The molecule has 8 heteroatoms. The number of aromatic amines is 2. The zero-order valence-corrected chi connectivity index (χ0v) is 17.3. The molecule has 0 amide bonds. The fraction of sp³-hybridized carbons (Fsp3) is 0.217. The SMILES string of the molecule is CCN1C=C(c2ccc3[nH]nc(-c4nc5c(F)cc(F)cc5[nH]4)c3c2)C(C)=C(CN)C1. The number of hydrogen-bond acceptors (Lipinski definition) is 4. The molecule has 31 heavy (non-hydrogen) atoms. The molecular formula is C23H22F2N6. The molecule has 5 rings (SSSR count). The second-order valence-corrected chi connectivity index (χ2v) is 7.74. The monoisotopic (exact) mass is 420 g/mol. The number of likely N-dealkylation sites (N-methyl/N-ethyl adjacent to an activating group) is 1. The highest BCUT2D eigenvalue weighted by atomic mass is 19.1. The minimum atomic E-state index is -0.708. The van der Waals surface area contributed by atoms with E-state index in [2.05, 4.69) is 45.1 Å². The van der Waals surface area contributed by atoms with Crippen molar-refractivity contribution in [1.29, 1.82) is 0 Å². The lowest BCUT2D eigenvalue weighted by molar-refractivity contribution is 0.422. The Hall–Kier alpha value is -3.52. The molecule has 4 aromatic rings. The lowest BCUT2D eigenvalue weighted by Gasteiger charge is -2.29. The summed E-state index contributed by atoms with van der Waals surface area (Å²) in [6, 6.07) is 8.10. The number of nitrogens with two attached hydrogens (primary N) is 1. The Kier molecular flexibility index (Phi) is 4.59. The van der Waals surface area contributed by atoms with E-state index in [0.717, 1.165) is 41.2 Å². The summed E-state index contributed by atoms with van der Waals surface area (Å²) in [6.07, 6.45) is 2.16. The van der Waals surface area contributed by atoms with Crippen molar-refractivity contribution in [2.24, 2.45) is 5.73 Å². The van der Waals surface area contributed by atoms with Gasteiger partial charge in [-0.3, -0.25) is 5.10 Å². The van der Waals surface area contributed by atoms with E-state index in [1.807, 2.05) is 18.2 Å². The van der Waals surface area contributed by atoms with Crippen LogP contribution in [0.4, 0.5) is 8.78 Å². The van der Waals surface area contributed by atoms with Gasteiger partial charge in [-0.25, -0.2) is 13.8 Å². The number of nitrogens with one attached hydrogen (secondary N) is 2. The fourth-order valence-corrected chi connectivity index (χ4v) is 4.11. The Morgan fingerprint density at radius 2 is 2.00 bits per heavy atom. The van der Waals surface area contributed by atoms with Gasteiger partial charge in [0, 0.05) is 42.9 Å². The van der Waals surface area contributed by atoms with E-state index in [9.17, 15) is 8.78 Å². The normalized spacial score (nSPS) is 14.7. The highest BCUT2D eigenvalue weighted by Gasteiger charge is 2.20. The lowest BCUT2D eigenvalue weighted by atomic mass is 9.92. The molecule has 6 nitrogen and oxygen atoms in total. The fourth-order valence-electron chi connectivity index (χ4n) is 4.11. The highest BCUT2D eigenvalue weighted by molar-refractivity contribution is 5.96. The number of benzene rings is 2. The van der Waals surface area contributed by atoms with E-state index >= 15 is 0 Å². The summed E-state index contributed by atoms with van der Waals surface area (Å²) in [4.78, 5) is 9.55. The number of H-pyrrole nitrogens is 2. The minimum Gasteiger partial charge on any atom is -0.373 e. The van der Waals surface area contributed by atoms with Crippen molar-refractivity contribution < 1.29 is 8.78 Å². The first kappa shape index (κ1) is 19.4. The lowest BCUT2D eigenvalue weighted by Crippen LogP contribution is -2.27. The molecule has 0 radical (unpaired) electrons. The van der Waals surface area contributed by atoms with E-state index in [1.165, 1.54) is 17.2 Å². The van der Waals surface area contributed by atoms with Gasteiger partial charge in [0.15, 0.2) is 11.6 Å². The van der Waals surface area contributed by atoms with Crippen molar-refractivity contribution >= 4 is 27.5 Å². The molecule has 0 atom stereocenters. The van der Waals surface area contributed by atoms with E-state index in [-0.39, 0.29) is 5.52 Å². The van der Waals surface area contributed by atoms with Crippen LogP contribution in [0, 0.1) is 11.6 Å². The van der Waals surface area contributed by atoms with Crippen molar-refractivity contribution in [2.45, 2.75) is 13.8 Å². The molecule has 2 aromatic carbocycles. The van der Waals surface area contributed by atoms with Crippen LogP contribution in [0.3, 0.4) is 0 Å². The molecule has 1 aliphatic heterocycles. The van der Waals surface area contributed by atoms with Crippen LogP contribution in [0.5, 0.6) is 0 Å². The third-order valence-electron chi connectivity index (χ3n) is 5.90. The number of rotatable bonds is 4. The average molecular weight is 420 g/mol. The van der Waals surface area contributed by atoms with E-state index in [0.29, 0.717) is 23.6 Å². The van der Waals surface area contributed by atoms with Gasteiger partial charge in [0.05, 0.1) is 11.0 Å². The van der Waals surface area contributed by atoms with Crippen molar-refractivity contribution in [3.8, 4) is 11.5 Å². The van der Waals surface area contributed by atoms with E-state index < -0.39 is 11.6 Å². The average Bonchev–Trinajstić information content (AvgIpc) is 3.37. The van der Waals surface area contributed by atoms with Gasteiger partial charge >= 0.3 is 0 Å². The van der Waals surface area contributed by atoms with Gasteiger partial charge in [0.1, 0.15) is 17.0 Å². The third-order valence-corrected chi connectivity index (χ3v) is 5.90. The number of hydrogen-bond donors (Lipinski definition) is 3. The van der Waals surface area contributed by atoms with Crippen LogP contribution in [0.25, 0.3) is 39.0 Å². The quantitative estimate of drug-likeness (QED) is 0.459. The molecule has 3 heterocycles. The molecule has 158 valence electrons. The third kappa shape index (κ3) is 3.19. The molecule has 0 saturated carbocycles. The minimum absolute atomic E-state index is 0.0867. The predicted molar refractivity (Wildman–Crippen MR) is 118 cm³/mol. The van der Waals surface area contributed by atoms with Gasteiger partial charge in [-0.1, -0.05) is 6.07 Å². The predicted octanol–water partition coefficient (Wildman–Crippen LogP) is 4.34. The molecule has 1 aliphatic rings. The molecule has 0 fully saturated rings. The smallest absolute Gasteiger partial charge is 0.159 e. The first-order chi connectivity index (χ1) is 15.0. The van der Waals surface area contributed by atoms with Gasteiger partial charge in [0.25, 0.3) is 0 Å². The number of aromatic nitrogens is 4. The van der Waals surface area contributed by atoms with E-state index in [1.54, 1.807) is 0 Å². The zero-order chi connectivity index (χ0) is 21.7. The summed E-state index contributed by atoms with van der Waals surface area (Å²) in [7, 11) is 0. The number of halogens is 2. The van der Waals surface area contributed by atoms with Crippen LogP contribution >= 0.6 is 0 Å². The Labute approximate surface area is 177 Å². The molecule has 0 spiro atoms. The molecular weight excluding hydrogens is 398 g/mol. The van der Waals surface area contributed by atoms with Crippen molar-refractivity contribution in [3.05, 3.63) is 64.9 Å². The Morgan fingerprint density at radius 1 is 1.16 bits per heavy atom. The number of imidazole rings is 1. The second kappa shape index (κ2) is 7.31.